The van der Waals surface area contributed by atoms with E-state index in [4.69, 9.17) is 0 Å². The van der Waals surface area contributed by atoms with Gasteiger partial charge in [-0.05, 0) is 49.6 Å². The van der Waals surface area contributed by atoms with E-state index in [1.165, 1.54) is 0 Å². The Balaban J connectivity index is 1.68. The van der Waals surface area contributed by atoms with Gasteiger partial charge >= 0.3 is 0 Å². The molecule has 0 aliphatic carbocycles. The minimum Gasteiger partial charge on any atom is -0.326 e. The Morgan fingerprint density at radius 3 is 2.19 bits per heavy atom. The van der Waals surface area contributed by atoms with Crippen LogP contribution < -0.4 is 5.32 Å². The zero-order valence-electron chi connectivity index (χ0n) is 14.9. The van der Waals surface area contributed by atoms with E-state index in [1.807, 2.05) is 37.3 Å². The number of rotatable bonds is 5. The number of sulfonamides is 1. The molecule has 2 aromatic carbocycles. The molecule has 0 radical (unpaired) electrons. The summed E-state index contributed by atoms with van der Waals surface area (Å²) in [7, 11) is -3.45. The SMILES string of the molecule is CC(C(=O)Nc1ccc(S(=O)(=O)N2CCCCC2)cc1)c1ccccc1. The summed E-state index contributed by atoms with van der Waals surface area (Å²) in [4.78, 5) is 12.7. The molecule has 0 bridgehead atoms. The highest BCUT2D eigenvalue weighted by atomic mass is 32.2. The van der Waals surface area contributed by atoms with Crippen molar-refractivity contribution >= 4 is 21.6 Å². The monoisotopic (exact) mass is 372 g/mol. The van der Waals surface area contributed by atoms with Gasteiger partial charge in [0.1, 0.15) is 0 Å². The number of anilines is 1. The minimum absolute atomic E-state index is 0.122. The van der Waals surface area contributed by atoms with Crippen LogP contribution in [0.25, 0.3) is 0 Å². The second-order valence-corrected chi connectivity index (χ2v) is 8.55. The molecule has 1 amide bonds. The first-order chi connectivity index (χ1) is 12.5. The van der Waals surface area contributed by atoms with E-state index in [9.17, 15) is 13.2 Å². The van der Waals surface area contributed by atoms with Crippen LogP contribution in [0.5, 0.6) is 0 Å². The summed E-state index contributed by atoms with van der Waals surface area (Å²) in [6.45, 7) is 3.00. The third-order valence-electron chi connectivity index (χ3n) is 4.77. The molecule has 3 rings (SSSR count). The fourth-order valence-corrected chi connectivity index (χ4v) is 4.63. The fraction of sp³-hybridized carbons (Fsp3) is 0.350. The lowest BCUT2D eigenvalue weighted by Gasteiger charge is -2.25. The lowest BCUT2D eigenvalue weighted by molar-refractivity contribution is -0.117. The van der Waals surface area contributed by atoms with Crippen LogP contribution >= 0.6 is 0 Å². The van der Waals surface area contributed by atoms with Gasteiger partial charge in [-0.1, -0.05) is 36.8 Å². The molecule has 5 nitrogen and oxygen atoms in total. The lowest BCUT2D eigenvalue weighted by Crippen LogP contribution is -2.35. The van der Waals surface area contributed by atoms with Gasteiger partial charge in [-0.3, -0.25) is 4.79 Å². The number of benzene rings is 2. The summed E-state index contributed by atoms with van der Waals surface area (Å²) in [6, 6.07) is 16.0. The molecule has 1 atom stereocenters. The first-order valence-electron chi connectivity index (χ1n) is 8.94. The van der Waals surface area contributed by atoms with E-state index >= 15 is 0 Å². The third-order valence-corrected chi connectivity index (χ3v) is 6.68. The molecule has 1 fully saturated rings. The largest absolute Gasteiger partial charge is 0.326 e. The summed E-state index contributed by atoms with van der Waals surface area (Å²) >= 11 is 0. The van der Waals surface area contributed by atoms with Gasteiger partial charge < -0.3 is 5.32 Å². The first kappa shape index (κ1) is 18.6. The van der Waals surface area contributed by atoms with Gasteiger partial charge in [-0.2, -0.15) is 4.31 Å². The Bertz CT molecular complexity index is 842. The van der Waals surface area contributed by atoms with Crippen molar-refractivity contribution in [2.45, 2.75) is 37.0 Å². The molecule has 0 aromatic heterocycles. The molecule has 1 aliphatic heterocycles. The maximum Gasteiger partial charge on any atom is 0.243 e. The van der Waals surface area contributed by atoms with Crippen molar-refractivity contribution in [3.8, 4) is 0 Å². The van der Waals surface area contributed by atoms with E-state index in [0.717, 1.165) is 24.8 Å². The topological polar surface area (TPSA) is 66.5 Å². The molecule has 1 aliphatic rings. The van der Waals surface area contributed by atoms with Crippen molar-refractivity contribution in [1.29, 1.82) is 0 Å². The fourth-order valence-electron chi connectivity index (χ4n) is 3.11. The normalized spacial score (nSPS) is 16.8. The van der Waals surface area contributed by atoms with E-state index in [2.05, 4.69) is 5.32 Å². The van der Waals surface area contributed by atoms with Crippen LogP contribution in [0.3, 0.4) is 0 Å². The van der Waals surface area contributed by atoms with Gasteiger partial charge in [-0.15, -0.1) is 0 Å². The molecular weight excluding hydrogens is 348 g/mol. The zero-order chi connectivity index (χ0) is 18.6. The Morgan fingerprint density at radius 1 is 0.962 bits per heavy atom. The zero-order valence-corrected chi connectivity index (χ0v) is 15.7. The molecule has 0 spiro atoms. The summed E-state index contributed by atoms with van der Waals surface area (Å²) in [5.41, 5.74) is 1.53. The Kier molecular flexibility index (Phi) is 5.74. The van der Waals surface area contributed by atoms with Gasteiger partial charge in [-0.25, -0.2) is 8.42 Å². The van der Waals surface area contributed by atoms with Gasteiger partial charge in [0.15, 0.2) is 0 Å². The van der Waals surface area contributed by atoms with E-state index in [1.54, 1.807) is 28.6 Å². The molecule has 0 saturated carbocycles. The van der Waals surface area contributed by atoms with Crippen LogP contribution in [0.2, 0.25) is 0 Å². The van der Waals surface area contributed by atoms with Crippen molar-refractivity contribution in [1.82, 2.24) is 4.31 Å². The van der Waals surface area contributed by atoms with Gasteiger partial charge in [0.05, 0.1) is 10.8 Å². The molecule has 1 unspecified atom stereocenters. The number of hydrogen-bond acceptors (Lipinski definition) is 3. The quantitative estimate of drug-likeness (QED) is 0.872. The number of nitrogens with zero attached hydrogens (tertiary/aromatic N) is 1. The number of carbonyl (C=O) groups is 1. The number of nitrogens with one attached hydrogen (secondary N) is 1. The van der Waals surface area contributed by atoms with Crippen LogP contribution in [0.4, 0.5) is 5.69 Å². The second kappa shape index (κ2) is 8.01. The summed E-state index contributed by atoms with van der Waals surface area (Å²) in [5, 5.41) is 2.85. The van der Waals surface area contributed by atoms with Crippen molar-refractivity contribution in [3.63, 3.8) is 0 Å². The molecule has 1 saturated heterocycles. The number of piperidine rings is 1. The van der Waals surface area contributed by atoms with Crippen LogP contribution in [0.15, 0.2) is 59.5 Å². The number of hydrogen-bond donors (Lipinski definition) is 1. The highest BCUT2D eigenvalue weighted by Crippen LogP contribution is 2.23. The van der Waals surface area contributed by atoms with Gasteiger partial charge in [0.25, 0.3) is 0 Å². The Morgan fingerprint density at radius 2 is 1.58 bits per heavy atom. The van der Waals surface area contributed by atoms with Crippen LogP contribution in [0, 0.1) is 0 Å². The summed E-state index contributed by atoms with van der Waals surface area (Å²) in [5.74, 6) is -0.407. The van der Waals surface area contributed by atoms with Crippen LogP contribution in [-0.4, -0.2) is 31.7 Å². The minimum atomic E-state index is -3.45. The van der Waals surface area contributed by atoms with Crippen LogP contribution in [-0.2, 0) is 14.8 Å². The summed E-state index contributed by atoms with van der Waals surface area (Å²) in [6.07, 6.45) is 2.89. The second-order valence-electron chi connectivity index (χ2n) is 6.61. The average Bonchev–Trinajstić information content (AvgIpc) is 2.69. The Hall–Kier alpha value is -2.18. The molecule has 2 aromatic rings. The molecule has 6 heteroatoms. The predicted octanol–water partition coefficient (Wildman–Crippen LogP) is 3.60. The molecule has 26 heavy (non-hydrogen) atoms. The highest BCUT2D eigenvalue weighted by Gasteiger charge is 2.25. The van der Waals surface area contributed by atoms with E-state index in [-0.39, 0.29) is 16.7 Å². The van der Waals surface area contributed by atoms with Crippen molar-refractivity contribution in [3.05, 3.63) is 60.2 Å². The van der Waals surface area contributed by atoms with Gasteiger partial charge in [0.2, 0.25) is 15.9 Å². The van der Waals surface area contributed by atoms with Crippen molar-refractivity contribution < 1.29 is 13.2 Å². The standard InChI is InChI=1S/C20H24N2O3S/c1-16(17-8-4-2-5-9-17)20(23)21-18-10-12-19(13-11-18)26(24,25)22-14-6-3-7-15-22/h2,4-5,8-13,16H,3,6-7,14-15H2,1H3,(H,21,23). The third kappa shape index (κ3) is 4.14. The molecule has 1 N–H and O–H groups in total. The van der Waals surface area contributed by atoms with Crippen LogP contribution in [0.1, 0.15) is 37.7 Å². The number of carbonyl (C=O) groups excluding carboxylic acids is 1. The smallest absolute Gasteiger partial charge is 0.243 e. The summed E-state index contributed by atoms with van der Waals surface area (Å²) < 4.78 is 26.8. The molecule has 138 valence electrons. The van der Waals surface area contributed by atoms with Crippen molar-refractivity contribution in [2.24, 2.45) is 0 Å². The van der Waals surface area contributed by atoms with E-state index < -0.39 is 10.0 Å². The van der Waals surface area contributed by atoms with Crippen molar-refractivity contribution in [2.75, 3.05) is 18.4 Å². The average molecular weight is 372 g/mol. The highest BCUT2D eigenvalue weighted by molar-refractivity contribution is 7.89. The predicted molar refractivity (Wildman–Crippen MR) is 103 cm³/mol. The first-order valence-corrected chi connectivity index (χ1v) is 10.4. The lowest BCUT2D eigenvalue weighted by atomic mass is 10.0. The molecule has 1 heterocycles. The maximum absolute atomic E-state index is 12.7. The Labute approximate surface area is 155 Å². The maximum atomic E-state index is 12.7. The number of amides is 1. The van der Waals surface area contributed by atoms with E-state index in [0.29, 0.717) is 18.8 Å². The molecular formula is C20H24N2O3S. The van der Waals surface area contributed by atoms with Gasteiger partial charge in [0, 0.05) is 18.8 Å².